The maximum Gasteiger partial charge on any atom is 0.308 e. The Bertz CT molecular complexity index is 690. The zero-order valence-electron chi connectivity index (χ0n) is 12.0. The van der Waals surface area contributed by atoms with Crippen LogP contribution < -0.4 is 5.73 Å². The van der Waals surface area contributed by atoms with Crippen molar-refractivity contribution < 1.29 is 34.3 Å². The van der Waals surface area contributed by atoms with Crippen LogP contribution in [0.5, 0.6) is 0 Å². The van der Waals surface area contributed by atoms with E-state index in [1.54, 1.807) is 0 Å². The van der Waals surface area contributed by atoms with Gasteiger partial charge in [0.25, 0.3) is 11.4 Å². The van der Waals surface area contributed by atoms with Crippen LogP contribution in [0.4, 0.5) is 11.4 Å². The Labute approximate surface area is 134 Å². The van der Waals surface area contributed by atoms with Crippen molar-refractivity contribution in [1.82, 2.24) is 0 Å². The lowest BCUT2D eigenvalue weighted by Gasteiger charge is -2.21. The highest BCUT2D eigenvalue weighted by Crippen LogP contribution is 2.55. The van der Waals surface area contributed by atoms with E-state index in [9.17, 15) is 39.6 Å². The van der Waals surface area contributed by atoms with Crippen LogP contribution in [0.25, 0.3) is 0 Å². The Kier molecular flexibility index (Phi) is 6.10. The van der Waals surface area contributed by atoms with Crippen LogP contribution in [0.1, 0.15) is 11.4 Å². The van der Waals surface area contributed by atoms with Gasteiger partial charge in [0.05, 0.1) is 21.8 Å². The van der Waals surface area contributed by atoms with Gasteiger partial charge in [-0.2, -0.15) is 0 Å². The second-order valence-corrected chi connectivity index (χ2v) is 7.25. The number of carboxylic acid groups (broad SMARTS) is 1. The molecule has 0 aliphatic carbocycles. The summed E-state index contributed by atoms with van der Waals surface area (Å²) in [7, 11) is -4.58. The Morgan fingerprint density at radius 1 is 1.21 bits per heavy atom. The molecule has 24 heavy (non-hydrogen) atoms. The molecular weight excluding hydrogens is 349 g/mol. The fraction of sp³-hybridized carbons (Fsp3) is 0.364. The highest BCUT2D eigenvalue weighted by molar-refractivity contribution is 7.58. The van der Waals surface area contributed by atoms with Gasteiger partial charge in [-0.3, -0.25) is 29.6 Å². The number of benzene rings is 1. The third-order valence-corrected chi connectivity index (χ3v) is 5.17. The number of carboxylic acids is 1. The average Bonchev–Trinajstić information content (AvgIpc) is 2.50. The number of rotatable bonds is 8. The highest BCUT2D eigenvalue weighted by Gasteiger charge is 2.37. The maximum atomic E-state index is 12.2. The highest BCUT2D eigenvalue weighted by atomic mass is 31.2. The van der Waals surface area contributed by atoms with Crippen LogP contribution in [0.3, 0.4) is 0 Å². The quantitative estimate of drug-likeness (QED) is 0.284. The van der Waals surface area contributed by atoms with E-state index >= 15 is 0 Å². The van der Waals surface area contributed by atoms with Crippen LogP contribution in [0, 0.1) is 26.1 Å². The Hall–Kier alpha value is -2.40. The van der Waals surface area contributed by atoms with Gasteiger partial charge >= 0.3 is 5.97 Å². The number of hydrogen-bond donors (Lipinski definition) is 4. The van der Waals surface area contributed by atoms with E-state index in [1.807, 2.05) is 0 Å². The molecule has 132 valence electrons. The van der Waals surface area contributed by atoms with E-state index < -0.39 is 64.6 Å². The van der Waals surface area contributed by atoms with Crippen LogP contribution in [0.2, 0.25) is 0 Å². The van der Waals surface area contributed by atoms with Crippen LogP contribution in [-0.4, -0.2) is 43.6 Å². The molecule has 5 N–H and O–H groups in total. The molecule has 0 radical (unpaired) electrons. The number of aliphatic carboxylic acids is 1. The van der Waals surface area contributed by atoms with E-state index in [1.165, 1.54) is 0 Å². The number of nitro benzene ring substituents is 2. The smallest absolute Gasteiger partial charge is 0.308 e. The molecule has 1 aromatic carbocycles. The molecule has 1 rings (SSSR count). The summed E-state index contributed by atoms with van der Waals surface area (Å²) in [5.41, 5.74) is 3.12. The summed E-state index contributed by atoms with van der Waals surface area (Å²) in [6.45, 7) is -0.471. The largest absolute Gasteiger partial charge is 0.481 e. The van der Waals surface area contributed by atoms with Gasteiger partial charge < -0.3 is 20.8 Å². The van der Waals surface area contributed by atoms with Crippen molar-refractivity contribution in [2.45, 2.75) is 5.85 Å². The molecule has 0 fully saturated rings. The van der Waals surface area contributed by atoms with E-state index in [2.05, 4.69) is 0 Å². The third-order valence-electron chi connectivity index (χ3n) is 3.14. The lowest BCUT2D eigenvalue weighted by atomic mass is 10.2. The number of carbonyl (C=O) groups is 1. The number of hydrogen-bond acceptors (Lipinski definition) is 8. The van der Waals surface area contributed by atoms with Crippen molar-refractivity contribution in [3.63, 3.8) is 0 Å². The predicted molar refractivity (Wildman–Crippen MR) is 79.6 cm³/mol. The van der Waals surface area contributed by atoms with E-state index in [-0.39, 0.29) is 0 Å². The van der Waals surface area contributed by atoms with E-state index in [0.717, 1.165) is 0 Å². The van der Waals surface area contributed by atoms with Crippen LogP contribution in [-0.2, 0) is 9.36 Å². The van der Waals surface area contributed by atoms with E-state index in [4.69, 9.17) is 10.8 Å². The van der Waals surface area contributed by atoms with Crippen molar-refractivity contribution in [2.75, 3.05) is 12.7 Å². The molecule has 3 unspecified atom stereocenters. The topological polar surface area (TPSA) is 207 Å². The molecule has 3 atom stereocenters. The van der Waals surface area contributed by atoms with Crippen molar-refractivity contribution in [3.8, 4) is 0 Å². The summed E-state index contributed by atoms with van der Waals surface area (Å²) in [5, 5.41) is 40.4. The average molecular weight is 363 g/mol. The van der Waals surface area contributed by atoms with Gasteiger partial charge in [-0.25, -0.2) is 0 Å². The van der Waals surface area contributed by atoms with Gasteiger partial charge in [-0.15, -0.1) is 0 Å². The second-order valence-electron chi connectivity index (χ2n) is 4.88. The number of nitro groups is 2. The lowest BCUT2D eigenvalue weighted by Crippen LogP contribution is -2.27. The Morgan fingerprint density at radius 3 is 2.00 bits per heavy atom. The van der Waals surface area contributed by atoms with Crippen LogP contribution >= 0.6 is 7.37 Å². The predicted octanol–water partition coefficient (Wildman–Crippen LogP) is 0.424. The molecule has 0 amide bonds. The van der Waals surface area contributed by atoms with Crippen molar-refractivity contribution in [2.24, 2.45) is 11.7 Å². The van der Waals surface area contributed by atoms with Gasteiger partial charge in [0.1, 0.15) is 0 Å². The summed E-state index contributed by atoms with van der Waals surface area (Å²) >= 11 is 0. The minimum Gasteiger partial charge on any atom is -0.481 e. The summed E-state index contributed by atoms with van der Waals surface area (Å²) in [5.74, 6) is -5.11. The molecule has 0 aromatic heterocycles. The van der Waals surface area contributed by atoms with Gasteiger partial charge in [0.2, 0.25) is 7.37 Å². The standard InChI is InChI=1S/C11H14N3O9P/c12-4-7(10(15)16)5-24(22,23)11(17)6-1-8(13(18)19)3-9(2-6)14(20)21/h1-3,7,11,17H,4-5,12H2,(H,15,16)(H,22,23). The summed E-state index contributed by atoms with van der Waals surface area (Å²) in [4.78, 5) is 40.4. The molecule has 13 heteroatoms. The lowest BCUT2D eigenvalue weighted by molar-refractivity contribution is -0.394. The zero-order valence-corrected chi connectivity index (χ0v) is 12.9. The van der Waals surface area contributed by atoms with Gasteiger partial charge in [-0.05, 0) is 0 Å². The SMILES string of the molecule is NCC(CP(=O)(O)C(O)c1cc([N+](=O)[O-])cc([N+](=O)[O-])c1)C(=O)O. The van der Waals surface area contributed by atoms with Crippen molar-refractivity contribution >= 4 is 24.7 Å². The number of non-ortho nitro benzene ring substituents is 2. The maximum absolute atomic E-state index is 12.2. The Balaban J connectivity index is 3.28. The zero-order chi connectivity index (χ0) is 18.7. The first-order valence-corrected chi connectivity index (χ1v) is 8.27. The summed E-state index contributed by atoms with van der Waals surface area (Å²) < 4.78 is 12.2. The molecule has 12 nitrogen and oxygen atoms in total. The fourth-order valence-corrected chi connectivity index (χ4v) is 3.63. The number of aliphatic hydroxyl groups excluding tert-OH is 1. The first kappa shape index (κ1) is 19.6. The normalized spacial score (nSPS) is 16.0. The monoisotopic (exact) mass is 363 g/mol. The molecule has 0 aliphatic rings. The molecule has 1 aromatic rings. The molecule has 0 saturated heterocycles. The number of nitrogens with zero attached hydrogens (tertiary/aromatic N) is 2. The van der Waals surface area contributed by atoms with Crippen molar-refractivity contribution in [3.05, 3.63) is 44.0 Å². The minimum atomic E-state index is -4.58. The van der Waals surface area contributed by atoms with E-state index in [0.29, 0.717) is 18.2 Å². The van der Waals surface area contributed by atoms with Crippen molar-refractivity contribution in [1.29, 1.82) is 0 Å². The molecule has 0 saturated carbocycles. The molecule has 0 heterocycles. The first-order chi connectivity index (χ1) is 11.0. The van der Waals surface area contributed by atoms with Gasteiger partial charge in [-0.1, -0.05) is 0 Å². The third kappa shape index (κ3) is 4.55. The molecular formula is C11H14N3O9P. The minimum absolute atomic E-state index is 0.471. The summed E-state index contributed by atoms with van der Waals surface area (Å²) in [6.07, 6.45) is -0.892. The Morgan fingerprint density at radius 2 is 1.67 bits per heavy atom. The summed E-state index contributed by atoms with van der Waals surface area (Å²) in [6, 6.07) is 2.04. The van der Waals surface area contributed by atoms with Crippen LogP contribution in [0.15, 0.2) is 18.2 Å². The van der Waals surface area contributed by atoms with Gasteiger partial charge in [0, 0.05) is 30.4 Å². The van der Waals surface area contributed by atoms with Gasteiger partial charge in [0.15, 0.2) is 5.85 Å². The number of aliphatic hydroxyl groups is 1. The second kappa shape index (κ2) is 7.45. The number of nitrogens with two attached hydrogens (primary N) is 1. The molecule has 0 spiro atoms. The first-order valence-electron chi connectivity index (χ1n) is 6.35. The molecule has 0 aliphatic heterocycles. The molecule has 0 bridgehead atoms. The fourth-order valence-electron chi connectivity index (χ4n) is 1.88.